The summed E-state index contributed by atoms with van der Waals surface area (Å²) in [6.07, 6.45) is 0. The summed E-state index contributed by atoms with van der Waals surface area (Å²) in [6.45, 7) is 0. The molecule has 0 bridgehead atoms. The van der Waals surface area contributed by atoms with Crippen LogP contribution in [0.15, 0.2) is 0 Å². The van der Waals surface area contributed by atoms with Gasteiger partial charge in [0.15, 0.2) is 0 Å². The Morgan fingerprint density at radius 2 is 1.14 bits per heavy atom. The van der Waals surface area contributed by atoms with E-state index in [0.717, 1.165) is 0 Å². The Kier molecular flexibility index (Phi) is 5.47. The van der Waals surface area contributed by atoms with Crippen LogP contribution in [0.2, 0.25) is 0 Å². The van der Waals surface area contributed by atoms with E-state index in [1.54, 1.807) is 0 Å². The lowest BCUT2D eigenvalue weighted by molar-refractivity contribution is -0.345. The highest BCUT2D eigenvalue weighted by atomic mass is 24.3. The summed E-state index contributed by atoms with van der Waals surface area (Å²) < 4.78 is 0. The van der Waals surface area contributed by atoms with Crippen molar-refractivity contribution in [1.29, 1.82) is 0 Å². The highest BCUT2D eigenvalue weighted by molar-refractivity contribution is 6.25. The van der Waals surface area contributed by atoms with E-state index in [9.17, 15) is 0 Å². The third-order valence-corrected chi connectivity index (χ3v) is 0.167. The van der Waals surface area contributed by atoms with Crippen molar-refractivity contribution in [1.82, 2.24) is 0 Å². The Hall–Kier alpha value is -0.294. The van der Waals surface area contributed by atoms with Gasteiger partial charge < -0.3 is 19.8 Å². The Bertz CT molecular complexity index is 75.7. The zero-order valence-corrected chi connectivity index (χ0v) is 4.75. The summed E-state index contributed by atoms with van der Waals surface area (Å²) >= 11 is 0. The standard InChI is InChI=1S/C2H2O4.Mg/c3-1(4)2(5)6;/h(H,3,4)(H,5,6);/p-2. The lowest BCUT2D eigenvalue weighted by Crippen LogP contribution is -2.42. The maximum absolute atomic E-state index is 8.93. The number of carbonyl (C=O) groups excluding carboxylic acids is 2. The summed E-state index contributed by atoms with van der Waals surface area (Å²) in [4.78, 5) is 17.9. The van der Waals surface area contributed by atoms with Gasteiger partial charge in [-0.3, -0.25) is 0 Å². The van der Waals surface area contributed by atoms with E-state index < -0.39 is 11.9 Å². The molecule has 0 aromatic carbocycles. The van der Waals surface area contributed by atoms with Crippen LogP contribution in [0.25, 0.3) is 0 Å². The fourth-order valence-corrected chi connectivity index (χ4v) is 0. The minimum absolute atomic E-state index is 0. The molecule has 0 heterocycles. The van der Waals surface area contributed by atoms with Crippen LogP contribution in [-0.4, -0.2) is 35.0 Å². The largest absolute Gasteiger partial charge is 0.543 e. The molecule has 2 radical (unpaired) electrons. The van der Waals surface area contributed by atoms with E-state index in [2.05, 4.69) is 0 Å². The fraction of sp³-hybridized carbons (Fsp3) is 0. The third-order valence-electron chi connectivity index (χ3n) is 0.167. The van der Waals surface area contributed by atoms with Crippen LogP contribution in [0, 0.1) is 0 Å². The van der Waals surface area contributed by atoms with Crippen LogP contribution in [0.5, 0.6) is 0 Å². The quantitative estimate of drug-likeness (QED) is 0.237. The predicted molar refractivity (Wildman–Crippen MR) is 15.8 cm³/mol. The van der Waals surface area contributed by atoms with Crippen LogP contribution in [0.3, 0.4) is 0 Å². The lowest BCUT2D eigenvalue weighted by atomic mass is 10.7. The second-order valence-electron chi connectivity index (χ2n) is 0.575. The van der Waals surface area contributed by atoms with Gasteiger partial charge in [0.1, 0.15) is 0 Å². The summed E-state index contributed by atoms with van der Waals surface area (Å²) in [5.74, 6) is -4.37. The van der Waals surface area contributed by atoms with Crippen molar-refractivity contribution in [3.05, 3.63) is 0 Å². The summed E-state index contributed by atoms with van der Waals surface area (Å²) in [6, 6.07) is 0. The van der Waals surface area contributed by atoms with E-state index in [0.29, 0.717) is 0 Å². The second kappa shape index (κ2) is 3.88. The van der Waals surface area contributed by atoms with Gasteiger partial charge in [-0.2, -0.15) is 0 Å². The predicted octanol–water partition coefficient (Wildman–Crippen LogP) is -3.89. The smallest absolute Gasteiger partial charge is 0.0870 e. The van der Waals surface area contributed by atoms with Crippen molar-refractivity contribution in [2.45, 2.75) is 0 Å². The van der Waals surface area contributed by atoms with Gasteiger partial charge in [-0.25, -0.2) is 0 Å². The van der Waals surface area contributed by atoms with Gasteiger partial charge >= 0.3 is 0 Å². The third kappa shape index (κ3) is 5.71. The number of carboxylic acids is 2. The molecule has 0 aliphatic rings. The van der Waals surface area contributed by atoms with Crippen molar-refractivity contribution in [3.63, 3.8) is 0 Å². The molecule has 0 aliphatic carbocycles. The maximum Gasteiger partial charge on any atom is 0.0870 e. The Balaban J connectivity index is 0. The van der Waals surface area contributed by atoms with Crippen LogP contribution >= 0.6 is 0 Å². The molecule has 0 fully saturated rings. The van der Waals surface area contributed by atoms with Gasteiger partial charge in [0.2, 0.25) is 0 Å². The molecule has 7 heavy (non-hydrogen) atoms. The number of rotatable bonds is 0. The van der Waals surface area contributed by atoms with Crippen molar-refractivity contribution in [3.8, 4) is 0 Å². The molecule has 0 aromatic heterocycles. The van der Waals surface area contributed by atoms with Crippen molar-refractivity contribution < 1.29 is 19.8 Å². The van der Waals surface area contributed by atoms with Gasteiger partial charge in [-0.05, 0) is 0 Å². The van der Waals surface area contributed by atoms with Gasteiger partial charge in [0.25, 0.3) is 0 Å². The fourth-order valence-electron chi connectivity index (χ4n) is 0. The molecule has 0 saturated heterocycles. The average Bonchev–Trinajstić information content (AvgIpc) is 1.36. The summed E-state index contributed by atoms with van der Waals surface area (Å²) in [5, 5.41) is 17.9. The number of aliphatic carboxylic acids is 2. The molecule has 0 atom stereocenters. The molecule has 0 N–H and O–H groups in total. The maximum atomic E-state index is 8.93. The molecule has 5 heteroatoms. The Morgan fingerprint density at radius 3 is 1.14 bits per heavy atom. The van der Waals surface area contributed by atoms with Crippen LogP contribution < -0.4 is 10.2 Å². The summed E-state index contributed by atoms with van der Waals surface area (Å²) in [7, 11) is 0. The van der Waals surface area contributed by atoms with E-state index >= 15 is 0 Å². The highest BCUT2D eigenvalue weighted by Crippen LogP contribution is 1.41. The van der Waals surface area contributed by atoms with Gasteiger partial charge in [-0.1, -0.05) is 0 Å². The molecule has 0 aromatic rings. The van der Waals surface area contributed by atoms with Crippen LogP contribution in [0.1, 0.15) is 0 Å². The molecule has 0 spiro atoms. The summed E-state index contributed by atoms with van der Waals surface area (Å²) in [5.41, 5.74) is 0. The van der Waals surface area contributed by atoms with E-state index in [1.165, 1.54) is 0 Å². The SMILES string of the molecule is O=C([O-])C(=O)[O-].[Mg]. The zero-order valence-electron chi connectivity index (χ0n) is 3.34. The average molecular weight is 112 g/mol. The van der Waals surface area contributed by atoms with Crippen LogP contribution in [0.4, 0.5) is 0 Å². The second-order valence-corrected chi connectivity index (χ2v) is 0.575. The number of hydrogen-bond donors (Lipinski definition) is 0. The molecule has 0 rings (SSSR count). The first kappa shape index (κ1) is 9.86. The molecule has 0 aliphatic heterocycles. The van der Waals surface area contributed by atoms with Crippen molar-refractivity contribution in [2.75, 3.05) is 0 Å². The Labute approximate surface area is 55.3 Å². The first-order valence-corrected chi connectivity index (χ1v) is 1.07. The van der Waals surface area contributed by atoms with E-state index in [4.69, 9.17) is 19.8 Å². The molecule has 0 amide bonds. The molecule has 4 nitrogen and oxygen atoms in total. The molecule has 0 saturated carbocycles. The van der Waals surface area contributed by atoms with Gasteiger partial charge in [0, 0.05) is 23.1 Å². The number of carboxylic acid groups (broad SMARTS) is 2. The Morgan fingerprint density at radius 1 is 1.00 bits per heavy atom. The number of hydrogen-bond acceptors (Lipinski definition) is 4. The zero-order chi connectivity index (χ0) is 5.15. The normalized spacial score (nSPS) is 6.29. The van der Waals surface area contributed by atoms with Gasteiger partial charge in [0.05, 0.1) is 11.9 Å². The first-order valence-electron chi connectivity index (χ1n) is 1.07. The minimum atomic E-state index is -2.19. The van der Waals surface area contributed by atoms with Gasteiger partial charge in [-0.15, -0.1) is 0 Å². The van der Waals surface area contributed by atoms with Crippen molar-refractivity contribution in [2.24, 2.45) is 0 Å². The minimum Gasteiger partial charge on any atom is -0.543 e. The lowest BCUT2D eigenvalue weighted by Gasteiger charge is -1.97. The number of carbonyl (C=O) groups is 2. The van der Waals surface area contributed by atoms with E-state index in [-0.39, 0.29) is 23.1 Å². The molecule has 0 unspecified atom stereocenters. The monoisotopic (exact) mass is 112 g/mol. The van der Waals surface area contributed by atoms with E-state index in [1.807, 2.05) is 0 Å². The first-order chi connectivity index (χ1) is 2.64. The highest BCUT2D eigenvalue weighted by Gasteiger charge is 1.74. The van der Waals surface area contributed by atoms with Crippen LogP contribution in [-0.2, 0) is 9.59 Å². The molecule has 36 valence electrons. The topological polar surface area (TPSA) is 80.3 Å². The molecular formula is C2MgO4-2. The molecular weight excluding hydrogens is 112 g/mol. The van der Waals surface area contributed by atoms with Crippen molar-refractivity contribution >= 4 is 35.0 Å².